The molecule has 0 radical (unpaired) electrons. The third-order valence-electron chi connectivity index (χ3n) is 5.55. The summed E-state index contributed by atoms with van der Waals surface area (Å²) in [6.07, 6.45) is 4.13. The van der Waals surface area contributed by atoms with Crippen molar-refractivity contribution in [3.05, 3.63) is 41.6 Å². The highest BCUT2D eigenvalue weighted by atomic mass is 16.3. The predicted molar refractivity (Wildman–Crippen MR) is 109 cm³/mol. The summed E-state index contributed by atoms with van der Waals surface area (Å²) >= 11 is 0. The van der Waals surface area contributed by atoms with Gasteiger partial charge in [0.15, 0.2) is 0 Å². The average Bonchev–Trinajstić information content (AvgIpc) is 2.97. The van der Waals surface area contributed by atoms with Crippen LogP contribution in [0.1, 0.15) is 38.2 Å². The first-order valence-electron chi connectivity index (χ1n) is 10.4. The zero-order valence-electron chi connectivity index (χ0n) is 16.8. The standard InChI is InChI=1S/C22H31N3O3/c1-2-3-4-8-11-25-21(27)19(18-9-6-5-7-10-18)20(22(25)28)24-14-12-23(13-15-24)16-17-26/h5-7,9-10,26H,2-4,8,11-17H2,1H3. The lowest BCUT2D eigenvalue weighted by atomic mass is 10.0. The Labute approximate surface area is 167 Å². The topological polar surface area (TPSA) is 64.1 Å². The van der Waals surface area contributed by atoms with E-state index in [-0.39, 0.29) is 18.4 Å². The summed E-state index contributed by atoms with van der Waals surface area (Å²) < 4.78 is 0. The van der Waals surface area contributed by atoms with E-state index < -0.39 is 0 Å². The Balaban J connectivity index is 1.83. The monoisotopic (exact) mass is 385 g/mol. The van der Waals surface area contributed by atoms with Gasteiger partial charge in [-0.1, -0.05) is 56.5 Å². The zero-order valence-corrected chi connectivity index (χ0v) is 16.8. The molecule has 1 saturated heterocycles. The van der Waals surface area contributed by atoms with E-state index in [1.807, 2.05) is 30.3 Å². The number of amides is 2. The van der Waals surface area contributed by atoms with E-state index in [9.17, 15) is 9.59 Å². The Morgan fingerprint density at radius 2 is 1.61 bits per heavy atom. The number of carbonyl (C=O) groups is 2. The number of β-amino-alcohol motifs (C(OH)–C–C–N with tert-alkyl or cyclic N) is 1. The minimum absolute atomic E-state index is 0.140. The molecule has 28 heavy (non-hydrogen) atoms. The molecule has 2 aliphatic rings. The molecule has 2 aliphatic heterocycles. The minimum Gasteiger partial charge on any atom is -0.395 e. The first-order chi connectivity index (χ1) is 13.7. The number of benzene rings is 1. The first kappa shape index (κ1) is 20.6. The maximum absolute atomic E-state index is 13.2. The Bertz CT molecular complexity index is 709. The van der Waals surface area contributed by atoms with Crippen LogP contribution < -0.4 is 0 Å². The van der Waals surface area contributed by atoms with Crippen molar-refractivity contribution in [2.75, 3.05) is 45.9 Å². The second-order valence-corrected chi connectivity index (χ2v) is 7.46. The van der Waals surface area contributed by atoms with E-state index in [0.717, 1.165) is 44.3 Å². The summed E-state index contributed by atoms with van der Waals surface area (Å²) in [4.78, 5) is 32.1. The molecule has 1 fully saturated rings. The summed E-state index contributed by atoms with van der Waals surface area (Å²) in [6.45, 7) is 6.37. The molecule has 3 rings (SSSR count). The molecule has 0 atom stereocenters. The van der Waals surface area contributed by atoms with Gasteiger partial charge >= 0.3 is 0 Å². The summed E-state index contributed by atoms with van der Waals surface area (Å²) in [7, 11) is 0. The van der Waals surface area contributed by atoms with Crippen LogP contribution in [0.15, 0.2) is 36.0 Å². The fraction of sp³-hybridized carbons (Fsp3) is 0.545. The van der Waals surface area contributed by atoms with Gasteiger partial charge < -0.3 is 10.0 Å². The van der Waals surface area contributed by atoms with Gasteiger partial charge in [0.05, 0.1) is 12.2 Å². The minimum atomic E-state index is -0.166. The molecular formula is C22H31N3O3. The third-order valence-corrected chi connectivity index (χ3v) is 5.55. The maximum atomic E-state index is 13.2. The average molecular weight is 386 g/mol. The highest BCUT2D eigenvalue weighted by Gasteiger charge is 2.41. The molecule has 1 aromatic rings. The van der Waals surface area contributed by atoms with E-state index in [2.05, 4.69) is 16.7 Å². The molecule has 0 spiro atoms. The lowest BCUT2D eigenvalue weighted by Gasteiger charge is -2.36. The number of hydrogen-bond acceptors (Lipinski definition) is 5. The van der Waals surface area contributed by atoms with Crippen LogP contribution in [0.5, 0.6) is 0 Å². The molecular weight excluding hydrogens is 354 g/mol. The number of aliphatic hydroxyl groups excluding tert-OH is 1. The second kappa shape index (κ2) is 9.85. The van der Waals surface area contributed by atoms with Crippen LogP contribution in [0.4, 0.5) is 0 Å². The van der Waals surface area contributed by atoms with Crippen molar-refractivity contribution < 1.29 is 14.7 Å². The lowest BCUT2D eigenvalue weighted by molar-refractivity contribution is -0.137. The van der Waals surface area contributed by atoms with Crippen molar-refractivity contribution in [2.24, 2.45) is 0 Å². The Kier molecular flexibility index (Phi) is 7.23. The van der Waals surface area contributed by atoms with Gasteiger partial charge in [0.2, 0.25) is 0 Å². The van der Waals surface area contributed by atoms with Crippen LogP contribution >= 0.6 is 0 Å². The van der Waals surface area contributed by atoms with E-state index in [4.69, 9.17) is 5.11 Å². The van der Waals surface area contributed by atoms with Crippen molar-refractivity contribution >= 4 is 17.4 Å². The van der Waals surface area contributed by atoms with Crippen molar-refractivity contribution in [2.45, 2.75) is 32.6 Å². The fourth-order valence-corrected chi connectivity index (χ4v) is 3.96. The molecule has 1 aromatic carbocycles. The van der Waals surface area contributed by atoms with Crippen molar-refractivity contribution in [3.63, 3.8) is 0 Å². The smallest absolute Gasteiger partial charge is 0.277 e. The molecule has 0 aromatic heterocycles. The molecule has 0 bridgehead atoms. The fourth-order valence-electron chi connectivity index (χ4n) is 3.96. The molecule has 0 unspecified atom stereocenters. The molecule has 2 heterocycles. The first-order valence-corrected chi connectivity index (χ1v) is 10.4. The number of nitrogens with zero attached hydrogens (tertiary/aromatic N) is 3. The van der Waals surface area contributed by atoms with E-state index in [1.165, 1.54) is 4.90 Å². The molecule has 1 N–H and O–H groups in total. The van der Waals surface area contributed by atoms with Gasteiger partial charge in [-0.15, -0.1) is 0 Å². The summed E-state index contributed by atoms with van der Waals surface area (Å²) in [5, 5.41) is 9.15. The number of hydrogen-bond donors (Lipinski definition) is 1. The SMILES string of the molecule is CCCCCCN1C(=O)C(c2ccccc2)=C(N2CCN(CCO)CC2)C1=O. The van der Waals surface area contributed by atoms with Crippen LogP contribution in [0.25, 0.3) is 5.57 Å². The highest BCUT2D eigenvalue weighted by Crippen LogP contribution is 2.32. The van der Waals surface area contributed by atoms with Gasteiger partial charge in [-0.25, -0.2) is 0 Å². The molecule has 152 valence electrons. The lowest BCUT2D eigenvalue weighted by Crippen LogP contribution is -2.48. The number of rotatable bonds is 9. The van der Waals surface area contributed by atoms with Crippen molar-refractivity contribution in [1.82, 2.24) is 14.7 Å². The van der Waals surface area contributed by atoms with Crippen LogP contribution in [-0.2, 0) is 9.59 Å². The van der Waals surface area contributed by atoms with Gasteiger partial charge in [-0.3, -0.25) is 19.4 Å². The quantitative estimate of drug-likeness (QED) is 0.520. The molecule has 0 aliphatic carbocycles. The number of unbranched alkanes of at least 4 members (excludes halogenated alkanes) is 3. The van der Waals surface area contributed by atoms with E-state index in [1.54, 1.807) is 0 Å². The second-order valence-electron chi connectivity index (χ2n) is 7.46. The van der Waals surface area contributed by atoms with Gasteiger partial charge in [0.25, 0.3) is 11.8 Å². The summed E-state index contributed by atoms with van der Waals surface area (Å²) in [5.74, 6) is -0.323. The summed E-state index contributed by atoms with van der Waals surface area (Å²) in [5.41, 5.74) is 1.90. The van der Waals surface area contributed by atoms with Crippen molar-refractivity contribution in [3.8, 4) is 0 Å². The Hall–Kier alpha value is -2.18. The largest absolute Gasteiger partial charge is 0.395 e. The third kappa shape index (κ3) is 4.45. The normalized spacial score (nSPS) is 18.5. The van der Waals surface area contributed by atoms with Gasteiger partial charge in [0, 0.05) is 39.3 Å². The van der Waals surface area contributed by atoms with Crippen LogP contribution in [-0.4, -0.2) is 77.5 Å². The van der Waals surface area contributed by atoms with Crippen LogP contribution in [0.3, 0.4) is 0 Å². The van der Waals surface area contributed by atoms with Gasteiger partial charge in [-0.2, -0.15) is 0 Å². The maximum Gasteiger partial charge on any atom is 0.277 e. The number of imide groups is 1. The number of aliphatic hydroxyl groups is 1. The zero-order chi connectivity index (χ0) is 19.9. The predicted octanol–water partition coefficient (Wildman–Crippen LogP) is 1.96. The van der Waals surface area contributed by atoms with Gasteiger partial charge in [0.1, 0.15) is 5.70 Å². The van der Waals surface area contributed by atoms with Crippen LogP contribution in [0.2, 0.25) is 0 Å². The Morgan fingerprint density at radius 3 is 2.25 bits per heavy atom. The highest BCUT2D eigenvalue weighted by molar-refractivity contribution is 6.35. The molecule has 0 saturated carbocycles. The van der Waals surface area contributed by atoms with E-state index in [0.29, 0.717) is 37.4 Å². The Morgan fingerprint density at radius 1 is 0.893 bits per heavy atom. The molecule has 2 amide bonds. The van der Waals surface area contributed by atoms with Gasteiger partial charge in [-0.05, 0) is 12.0 Å². The van der Waals surface area contributed by atoms with E-state index >= 15 is 0 Å². The number of carbonyl (C=O) groups excluding carboxylic acids is 2. The van der Waals surface area contributed by atoms with Crippen molar-refractivity contribution in [1.29, 1.82) is 0 Å². The number of piperazine rings is 1. The summed E-state index contributed by atoms with van der Waals surface area (Å²) in [6, 6.07) is 9.54. The molecule has 6 heteroatoms. The van der Waals surface area contributed by atoms with Crippen LogP contribution in [0, 0.1) is 0 Å². The molecule has 6 nitrogen and oxygen atoms in total.